The van der Waals surface area contributed by atoms with Crippen molar-refractivity contribution in [1.29, 1.82) is 0 Å². The monoisotopic (exact) mass is 552 g/mol. The predicted octanol–water partition coefficient (Wildman–Crippen LogP) is 0.622. The number of hydrogen-bond donors (Lipinski definition) is 1. The van der Waals surface area contributed by atoms with Crippen LogP contribution in [-0.2, 0) is 23.0 Å². The third-order valence-corrected chi connectivity index (χ3v) is 7.09. The summed E-state index contributed by atoms with van der Waals surface area (Å²) in [4.78, 5) is 18.5. The van der Waals surface area contributed by atoms with Gasteiger partial charge in [-0.25, -0.2) is 18.2 Å². The van der Waals surface area contributed by atoms with Crippen LogP contribution in [0.4, 0.5) is 5.82 Å². The number of carbonyl (C=O) groups excluding carboxylic acids is 1. The van der Waals surface area contributed by atoms with Crippen LogP contribution >= 0.6 is 0 Å². The van der Waals surface area contributed by atoms with E-state index in [1.165, 1.54) is 0 Å². The van der Waals surface area contributed by atoms with Crippen molar-refractivity contribution in [2.24, 2.45) is 0 Å². The minimum atomic E-state index is -4.26. The van der Waals surface area contributed by atoms with E-state index in [1.54, 1.807) is 16.8 Å². The molecule has 0 saturated carbocycles. The molecular weight excluding hydrogens is 525 g/mol. The van der Waals surface area contributed by atoms with Gasteiger partial charge in [0.05, 0.1) is 16.7 Å². The van der Waals surface area contributed by atoms with Gasteiger partial charge in [-0.05, 0) is 29.7 Å². The number of anilines is 1. The first-order valence-corrected chi connectivity index (χ1v) is 13.9. The summed E-state index contributed by atoms with van der Waals surface area (Å²) in [6.45, 7) is 0.115. The van der Waals surface area contributed by atoms with E-state index in [9.17, 15) is 17.8 Å². The summed E-state index contributed by atoms with van der Waals surface area (Å²) in [5.41, 5.74) is 4.44. The Hall–Kier alpha value is -3.08. The minimum absolute atomic E-state index is 0. The van der Waals surface area contributed by atoms with Crippen molar-refractivity contribution in [1.82, 2.24) is 4.98 Å². The van der Waals surface area contributed by atoms with Gasteiger partial charge in [-0.15, -0.1) is 0 Å². The number of aromatic nitrogens is 2. The average molecular weight is 553 g/mol. The fraction of sp³-hybridized carbons (Fsp3) is 0.207. The van der Waals surface area contributed by atoms with Crippen molar-refractivity contribution in [3.8, 4) is 17.0 Å². The van der Waals surface area contributed by atoms with Crippen LogP contribution in [0.15, 0.2) is 91.1 Å². The Kier molecular flexibility index (Phi) is 9.53. The van der Waals surface area contributed by atoms with Crippen molar-refractivity contribution >= 4 is 21.8 Å². The molecule has 0 spiro atoms. The van der Waals surface area contributed by atoms with Crippen LogP contribution in [0.3, 0.4) is 0 Å². The molecule has 8 nitrogen and oxygen atoms in total. The molecule has 2 heterocycles. The third-order valence-electron chi connectivity index (χ3n) is 6.30. The molecule has 1 unspecified atom stereocenters. The largest absolute Gasteiger partial charge is 1.00 e. The SMILES string of the molecule is O=C1C(Cc2cccc(OCCCS(=O)(=O)[O-])c2)Nc2c(Cc3ccccc3)nc(-c3ccccc3)c[n+]21.[Na+]. The molecule has 1 aliphatic rings. The van der Waals surface area contributed by atoms with Gasteiger partial charge in [-0.1, -0.05) is 72.8 Å². The van der Waals surface area contributed by atoms with E-state index in [-0.39, 0.29) is 48.5 Å². The molecule has 3 aromatic carbocycles. The van der Waals surface area contributed by atoms with Gasteiger partial charge in [-0.2, -0.15) is 4.57 Å². The normalized spacial score (nSPS) is 14.3. The Labute approximate surface area is 250 Å². The fourth-order valence-corrected chi connectivity index (χ4v) is 4.97. The molecule has 0 amide bonds. The summed E-state index contributed by atoms with van der Waals surface area (Å²) < 4.78 is 39.6. The Balaban J connectivity index is 0.00000353. The first-order valence-electron chi connectivity index (χ1n) is 12.4. The summed E-state index contributed by atoms with van der Waals surface area (Å²) in [5.74, 6) is 0.710. The van der Waals surface area contributed by atoms with Gasteiger partial charge in [-0.3, -0.25) is 5.32 Å². The van der Waals surface area contributed by atoms with Gasteiger partial charge in [0.2, 0.25) is 0 Å². The van der Waals surface area contributed by atoms with Crippen LogP contribution in [0.2, 0.25) is 0 Å². The third kappa shape index (κ3) is 7.52. The van der Waals surface area contributed by atoms with Gasteiger partial charge in [0.15, 0.2) is 6.04 Å². The molecule has 0 saturated heterocycles. The van der Waals surface area contributed by atoms with Gasteiger partial charge in [0.25, 0.3) is 0 Å². The molecule has 1 aliphatic heterocycles. The van der Waals surface area contributed by atoms with Crippen LogP contribution in [-0.4, -0.2) is 42.3 Å². The zero-order valence-corrected chi connectivity index (χ0v) is 24.4. The van der Waals surface area contributed by atoms with Crippen molar-refractivity contribution in [2.75, 3.05) is 17.7 Å². The molecule has 1 N–H and O–H groups in total. The van der Waals surface area contributed by atoms with E-state index in [1.807, 2.05) is 78.9 Å². The molecule has 0 aliphatic carbocycles. The minimum Gasteiger partial charge on any atom is -0.748 e. The first kappa shape index (κ1) is 28.9. The second kappa shape index (κ2) is 12.8. The molecule has 1 aromatic heterocycles. The van der Waals surface area contributed by atoms with Gasteiger partial charge >= 0.3 is 41.3 Å². The van der Waals surface area contributed by atoms with Crippen LogP contribution in [0, 0.1) is 0 Å². The van der Waals surface area contributed by atoms with E-state index in [4.69, 9.17) is 9.72 Å². The molecule has 0 fully saturated rings. The number of ether oxygens (including phenoxy) is 1. The molecule has 1 atom stereocenters. The van der Waals surface area contributed by atoms with Crippen molar-refractivity contribution in [2.45, 2.75) is 25.3 Å². The van der Waals surface area contributed by atoms with Crippen LogP contribution < -0.4 is 44.2 Å². The van der Waals surface area contributed by atoms with Crippen molar-refractivity contribution < 1.29 is 56.6 Å². The zero-order chi connectivity index (χ0) is 26.5. The quantitative estimate of drug-likeness (QED) is 0.133. The topological polar surface area (TPSA) is 112 Å². The maximum atomic E-state index is 13.5. The van der Waals surface area contributed by atoms with E-state index in [0.717, 1.165) is 28.1 Å². The smallest absolute Gasteiger partial charge is 0.748 e. The van der Waals surface area contributed by atoms with Crippen LogP contribution in [0.1, 0.15) is 28.0 Å². The predicted molar refractivity (Wildman–Crippen MR) is 142 cm³/mol. The average Bonchev–Trinajstić information content (AvgIpc) is 3.23. The zero-order valence-electron chi connectivity index (χ0n) is 21.6. The first-order chi connectivity index (χ1) is 18.4. The van der Waals surface area contributed by atoms with Crippen LogP contribution in [0.5, 0.6) is 5.75 Å². The molecule has 4 aromatic rings. The molecule has 10 heteroatoms. The summed E-state index contributed by atoms with van der Waals surface area (Å²) in [6.07, 6.45) is 2.91. The molecule has 39 heavy (non-hydrogen) atoms. The molecule has 194 valence electrons. The summed E-state index contributed by atoms with van der Waals surface area (Å²) in [5, 5.41) is 3.40. The van der Waals surface area contributed by atoms with Gasteiger partial charge in [0.1, 0.15) is 23.3 Å². The van der Waals surface area contributed by atoms with E-state index >= 15 is 0 Å². The molecule has 5 rings (SSSR count). The number of hydrogen-bond acceptors (Lipinski definition) is 7. The number of carbonyl (C=O) groups is 1. The molecular formula is C29H27N3NaO5S+. The standard InChI is InChI=1S/C29H27N3O5S.Na/c33-29-26(19-22-11-7-14-24(17-22)37-15-8-16-38(34,35)36)31-28-25(18-21-9-3-1-4-10-21)30-27(20-32(28)29)23-12-5-2-6-13-23;/h1-7,9-14,17,20,26H,8,15-16,18-19H2,(H,34,35,36);/q;+1. The maximum absolute atomic E-state index is 13.5. The second-order valence-corrected chi connectivity index (χ2v) is 10.7. The number of fused-ring (bicyclic) bond motifs is 1. The van der Waals surface area contributed by atoms with Gasteiger partial charge in [0, 0.05) is 24.2 Å². The van der Waals surface area contributed by atoms with Crippen molar-refractivity contribution in [3.63, 3.8) is 0 Å². The number of nitrogens with one attached hydrogen (secondary N) is 1. The van der Waals surface area contributed by atoms with Crippen LogP contribution in [0.25, 0.3) is 11.3 Å². The number of nitrogens with zero attached hydrogens (tertiary/aromatic N) is 2. The van der Waals surface area contributed by atoms with Gasteiger partial charge < -0.3 is 9.29 Å². The Bertz CT molecular complexity index is 1550. The summed E-state index contributed by atoms with van der Waals surface area (Å²) in [7, 11) is -4.26. The number of benzene rings is 3. The van der Waals surface area contributed by atoms with E-state index < -0.39 is 21.9 Å². The summed E-state index contributed by atoms with van der Waals surface area (Å²) in [6, 6.07) is 26.7. The summed E-state index contributed by atoms with van der Waals surface area (Å²) >= 11 is 0. The van der Waals surface area contributed by atoms with Crippen molar-refractivity contribution in [3.05, 3.63) is 108 Å². The fourth-order valence-electron chi connectivity index (χ4n) is 4.50. The second-order valence-electron chi connectivity index (χ2n) is 9.17. The number of rotatable bonds is 10. The van der Waals surface area contributed by atoms with E-state index in [0.29, 0.717) is 24.4 Å². The maximum Gasteiger partial charge on any atom is 1.00 e. The Morgan fingerprint density at radius 2 is 1.64 bits per heavy atom. The Morgan fingerprint density at radius 3 is 2.36 bits per heavy atom. The molecule has 0 bridgehead atoms. The Morgan fingerprint density at radius 1 is 0.949 bits per heavy atom. The van der Waals surface area contributed by atoms with E-state index in [2.05, 4.69) is 5.32 Å². The molecule has 0 radical (unpaired) electrons.